The van der Waals surface area contributed by atoms with Gasteiger partial charge in [0.25, 0.3) is 0 Å². The van der Waals surface area contributed by atoms with Gasteiger partial charge in [0.05, 0.1) is 13.2 Å². The van der Waals surface area contributed by atoms with Crippen molar-refractivity contribution in [1.82, 2.24) is 0 Å². The molecule has 0 bridgehead atoms. The Morgan fingerprint density at radius 1 is 0.840 bits per heavy atom. The van der Waals surface area contributed by atoms with E-state index in [0.717, 1.165) is 25.9 Å². The molecule has 148 valence electrons. The van der Waals surface area contributed by atoms with Gasteiger partial charge in [-0.05, 0) is 37.5 Å². The fourth-order valence-electron chi connectivity index (χ4n) is 2.49. The lowest BCUT2D eigenvalue weighted by Crippen LogP contribution is -2.12. The second-order valence-corrected chi connectivity index (χ2v) is 7.08. The minimum atomic E-state index is -0.182. The van der Waals surface area contributed by atoms with Crippen LogP contribution in [0.5, 0.6) is 0 Å². The highest BCUT2D eigenvalue weighted by Crippen LogP contribution is 2.17. The molecule has 1 atom stereocenters. The Kier molecular flexibility index (Phi) is 15.7. The van der Waals surface area contributed by atoms with Crippen molar-refractivity contribution in [2.75, 3.05) is 26.9 Å². The maximum atomic E-state index is 11.7. The maximum absolute atomic E-state index is 11.7. The van der Waals surface area contributed by atoms with E-state index in [1.165, 1.54) is 12.8 Å². The summed E-state index contributed by atoms with van der Waals surface area (Å²) in [5.41, 5.74) is 0. The molecule has 5 nitrogen and oxygen atoms in total. The van der Waals surface area contributed by atoms with Crippen LogP contribution < -0.4 is 0 Å². The largest absolute Gasteiger partial charge is 0.466 e. The van der Waals surface area contributed by atoms with Crippen LogP contribution in [0.1, 0.15) is 78.6 Å². The van der Waals surface area contributed by atoms with Gasteiger partial charge in [0.15, 0.2) is 0 Å². The van der Waals surface area contributed by atoms with E-state index < -0.39 is 0 Å². The van der Waals surface area contributed by atoms with Gasteiger partial charge in [-0.3, -0.25) is 9.59 Å². The summed E-state index contributed by atoms with van der Waals surface area (Å²) < 4.78 is 15.6. The summed E-state index contributed by atoms with van der Waals surface area (Å²) in [4.78, 5) is 23.2. The van der Waals surface area contributed by atoms with E-state index in [2.05, 4.69) is 6.92 Å². The van der Waals surface area contributed by atoms with Crippen molar-refractivity contribution in [2.24, 2.45) is 11.8 Å². The highest BCUT2D eigenvalue weighted by molar-refractivity contribution is 5.70. The van der Waals surface area contributed by atoms with Crippen molar-refractivity contribution < 1.29 is 23.8 Å². The topological polar surface area (TPSA) is 61.8 Å². The molecule has 0 heterocycles. The van der Waals surface area contributed by atoms with E-state index in [1.807, 2.05) is 13.8 Å². The minimum absolute atomic E-state index is 0.170. The molecular formula is C20H38O5. The SMILES string of the molecule is CCCCC(CCOC)CCOC(=O)CCCCC(=O)OCC(C)C. The number of hydrogen-bond acceptors (Lipinski definition) is 5. The normalized spacial score (nSPS) is 12.2. The summed E-state index contributed by atoms with van der Waals surface area (Å²) in [6.07, 6.45) is 7.54. The first-order valence-electron chi connectivity index (χ1n) is 9.79. The summed E-state index contributed by atoms with van der Waals surface area (Å²) >= 11 is 0. The van der Waals surface area contributed by atoms with Gasteiger partial charge in [0, 0.05) is 26.6 Å². The van der Waals surface area contributed by atoms with Crippen LogP contribution in [-0.4, -0.2) is 38.9 Å². The fourth-order valence-corrected chi connectivity index (χ4v) is 2.49. The minimum Gasteiger partial charge on any atom is -0.466 e. The maximum Gasteiger partial charge on any atom is 0.305 e. The van der Waals surface area contributed by atoms with E-state index in [-0.39, 0.29) is 11.9 Å². The van der Waals surface area contributed by atoms with E-state index in [4.69, 9.17) is 14.2 Å². The summed E-state index contributed by atoms with van der Waals surface area (Å²) in [5, 5.41) is 0. The van der Waals surface area contributed by atoms with E-state index in [0.29, 0.717) is 50.7 Å². The van der Waals surface area contributed by atoms with Crippen LogP contribution in [0.3, 0.4) is 0 Å². The van der Waals surface area contributed by atoms with E-state index in [9.17, 15) is 9.59 Å². The van der Waals surface area contributed by atoms with Gasteiger partial charge in [-0.15, -0.1) is 0 Å². The number of unbranched alkanes of at least 4 members (excludes halogenated alkanes) is 2. The average molecular weight is 359 g/mol. The zero-order chi connectivity index (χ0) is 18.9. The lowest BCUT2D eigenvalue weighted by molar-refractivity contribution is -0.146. The third-order valence-corrected chi connectivity index (χ3v) is 4.07. The second-order valence-electron chi connectivity index (χ2n) is 7.08. The third kappa shape index (κ3) is 16.1. The molecule has 0 aliphatic carbocycles. The Morgan fingerprint density at radius 2 is 1.44 bits per heavy atom. The van der Waals surface area contributed by atoms with Crippen LogP contribution in [-0.2, 0) is 23.8 Å². The number of carbonyl (C=O) groups excluding carboxylic acids is 2. The van der Waals surface area contributed by atoms with Crippen LogP contribution >= 0.6 is 0 Å². The molecule has 0 aromatic heterocycles. The van der Waals surface area contributed by atoms with Gasteiger partial charge in [0.1, 0.15) is 0 Å². The van der Waals surface area contributed by atoms with E-state index >= 15 is 0 Å². The zero-order valence-electron chi connectivity index (χ0n) is 16.7. The molecule has 0 rings (SSSR count). The summed E-state index contributed by atoms with van der Waals surface area (Å²) in [7, 11) is 1.72. The number of esters is 2. The van der Waals surface area contributed by atoms with Gasteiger partial charge in [-0.1, -0.05) is 40.0 Å². The average Bonchev–Trinajstić information content (AvgIpc) is 2.58. The van der Waals surface area contributed by atoms with Gasteiger partial charge < -0.3 is 14.2 Å². The lowest BCUT2D eigenvalue weighted by atomic mass is 9.96. The van der Waals surface area contributed by atoms with Crippen LogP contribution in [0.2, 0.25) is 0 Å². The van der Waals surface area contributed by atoms with Crippen molar-refractivity contribution in [3.63, 3.8) is 0 Å². The number of rotatable bonds is 16. The Balaban J connectivity index is 3.71. The Labute approximate surface area is 153 Å². The molecule has 0 aliphatic rings. The summed E-state index contributed by atoms with van der Waals surface area (Å²) in [5.74, 6) is 0.558. The second kappa shape index (κ2) is 16.4. The molecule has 0 amide bonds. The van der Waals surface area contributed by atoms with Gasteiger partial charge in [-0.25, -0.2) is 0 Å². The zero-order valence-corrected chi connectivity index (χ0v) is 16.7. The summed E-state index contributed by atoms with van der Waals surface area (Å²) in [6, 6.07) is 0. The smallest absolute Gasteiger partial charge is 0.305 e. The Morgan fingerprint density at radius 3 is 2.00 bits per heavy atom. The first-order valence-corrected chi connectivity index (χ1v) is 9.79. The van der Waals surface area contributed by atoms with Gasteiger partial charge in [0.2, 0.25) is 0 Å². The Hall–Kier alpha value is -1.10. The van der Waals surface area contributed by atoms with Crippen LogP contribution in [0.25, 0.3) is 0 Å². The molecule has 1 unspecified atom stereocenters. The number of hydrogen-bond donors (Lipinski definition) is 0. The Bertz CT molecular complexity index is 333. The fraction of sp³-hybridized carbons (Fsp3) is 0.900. The molecule has 0 aromatic rings. The first-order chi connectivity index (χ1) is 12.0. The molecule has 0 N–H and O–H groups in total. The predicted octanol–water partition coefficient (Wildman–Crippen LogP) is 4.52. The van der Waals surface area contributed by atoms with Crippen LogP contribution in [0.4, 0.5) is 0 Å². The number of methoxy groups -OCH3 is 1. The van der Waals surface area contributed by atoms with Crippen molar-refractivity contribution >= 4 is 11.9 Å². The van der Waals surface area contributed by atoms with Crippen molar-refractivity contribution in [3.8, 4) is 0 Å². The standard InChI is InChI=1S/C20H38O5/c1-5-6-9-18(12-14-23-4)13-15-24-19(21)10-7-8-11-20(22)25-16-17(2)3/h17-18H,5-16H2,1-4H3. The molecule has 0 aromatic carbocycles. The quantitative estimate of drug-likeness (QED) is 0.300. The predicted molar refractivity (Wildman–Crippen MR) is 99.3 cm³/mol. The molecule has 25 heavy (non-hydrogen) atoms. The third-order valence-electron chi connectivity index (χ3n) is 4.07. The molecule has 0 fully saturated rings. The molecule has 0 radical (unpaired) electrons. The van der Waals surface area contributed by atoms with Crippen LogP contribution in [0, 0.1) is 11.8 Å². The molecular weight excluding hydrogens is 320 g/mol. The van der Waals surface area contributed by atoms with Crippen molar-refractivity contribution in [2.45, 2.75) is 78.6 Å². The van der Waals surface area contributed by atoms with Gasteiger partial charge >= 0.3 is 11.9 Å². The van der Waals surface area contributed by atoms with Crippen molar-refractivity contribution in [1.29, 1.82) is 0 Å². The number of carbonyl (C=O) groups is 2. The molecule has 0 spiro atoms. The molecule has 5 heteroatoms. The highest BCUT2D eigenvalue weighted by Gasteiger charge is 2.11. The molecule has 0 saturated heterocycles. The lowest BCUT2D eigenvalue weighted by Gasteiger charge is -2.16. The molecule has 0 saturated carbocycles. The van der Waals surface area contributed by atoms with Gasteiger partial charge in [-0.2, -0.15) is 0 Å². The summed E-state index contributed by atoms with van der Waals surface area (Å²) in [6.45, 7) is 7.90. The monoisotopic (exact) mass is 358 g/mol. The van der Waals surface area contributed by atoms with Crippen molar-refractivity contribution in [3.05, 3.63) is 0 Å². The van der Waals surface area contributed by atoms with E-state index in [1.54, 1.807) is 7.11 Å². The van der Waals surface area contributed by atoms with Crippen LogP contribution in [0.15, 0.2) is 0 Å². The number of ether oxygens (including phenoxy) is 3. The first kappa shape index (κ1) is 23.9. The highest BCUT2D eigenvalue weighted by atomic mass is 16.5. The molecule has 0 aliphatic heterocycles.